The lowest BCUT2D eigenvalue weighted by Crippen LogP contribution is -2.65. The van der Waals surface area contributed by atoms with E-state index < -0.39 is 9.29 Å². The van der Waals surface area contributed by atoms with Gasteiger partial charge < -0.3 is 20.2 Å². The third-order valence-electron chi connectivity index (χ3n) is 4.88. The van der Waals surface area contributed by atoms with E-state index in [4.69, 9.17) is 0 Å². The topological polar surface area (TPSA) is 83.4 Å². The number of carbonyl (C=O) groups is 1. The van der Waals surface area contributed by atoms with Crippen molar-refractivity contribution >= 4 is 44.0 Å². The van der Waals surface area contributed by atoms with Crippen molar-refractivity contribution in [3.8, 4) is 0 Å². The second-order valence-corrected chi connectivity index (χ2v) is 8.28. The number of aliphatic hydroxyl groups is 1. The first kappa shape index (κ1) is 17.5. The van der Waals surface area contributed by atoms with Crippen molar-refractivity contribution in [2.45, 2.75) is 44.4 Å². The highest BCUT2D eigenvalue weighted by molar-refractivity contribution is 9.11. The van der Waals surface area contributed by atoms with Crippen LogP contribution in [0.3, 0.4) is 0 Å². The Balaban J connectivity index is 2.02. The Morgan fingerprint density at radius 2 is 1.83 bits per heavy atom. The monoisotopic (exact) mass is 448 g/mol. The molecule has 126 valence electrons. The van der Waals surface area contributed by atoms with E-state index in [2.05, 4.69) is 31.9 Å². The molecule has 1 N–H and O–H groups in total. The highest BCUT2D eigenvalue weighted by atomic mass is 79.9. The Kier molecular flexibility index (Phi) is 4.69. The van der Waals surface area contributed by atoms with Crippen LogP contribution in [-0.2, 0) is 11.3 Å². The van der Waals surface area contributed by atoms with Crippen molar-refractivity contribution in [2.24, 2.45) is 0 Å². The highest BCUT2D eigenvalue weighted by Gasteiger charge is 2.45. The van der Waals surface area contributed by atoms with Crippen LogP contribution in [0.1, 0.15) is 31.2 Å². The van der Waals surface area contributed by atoms with E-state index in [9.17, 15) is 20.3 Å². The molecule has 2 atom stereocenters. The molecular weight excluding hydrogens is 432 g/mol. The fraction of sp³-hybridized carbons (Fsp3) is 0.533. The molecule has 1 aromatic rings. The van der Waals surface area contributed by atoms with Gasteiger partial charge in [0.25, 0.3) is 0 Å². The van der Waals surface area contributed by atoms with Gasteiger partial charge in [-0.05, 0) is 40.9 Å². The summed E-state index contributed by atoms with van der Waals surface area (Å²) >= 11 is 6.72. The number of quaternary nitrogens is 2. The molecule has 1 aliphatic carbocycles. The molecule has 0 aromatic heterocycles. The Bertz CT molecular complexity index is 636. The van der Waals surface area contributed by atoms with Gasteiger partial charge in [-0.1, -0.05) is 15.9 Å². The molecule has 1 amide bonds. The number of fused-ring (bicyclic) bond motifs is 1. The van der Waals surface area contributed by atoms with E-state index in [-0.39, 0.29) is 25.4 Å². The molecular formula is C15H18Br2N2O4. The lowest BCUT2D eigenvalue weighted by atomic mass is 9.91. The van der Waals surface area contributed by atoms with Crippen molar-refractivity contribution < 1.29 is 14.5 Å². The fourth-order valence-electron chi connectivity index (χ4n) is 3.79. The van der Waals surface area contributed by atoms with Crippen LogP contribution >= 0.6 is 31.9 Å². The Morgan fingerprint density at radius 3 is 2.43 bits per heavy atom. The molecule has 3 rings (SSSR count). The number of nitrogens with zero attached hydrogens (tertiary/aromatic N) is 2. The van der Waals surface area contributed by atoms with Crippen LogP contribution in [0.2, 0.25) is 0 Å². The van der Waals surface area contributed by atoms with Crippen LogP contribution in [-0.4, -0.2) is 35.0 Å². The summed E-state index contributed by atoms with van der Waals surface area (Å²) in [6.45, 7) is -0.179. The van der Waals surface area contributed by atoms with Crippen LogP contribution in [0.4, 0.5) is 5.69 Å². The van der Waals surface area contributed by atoms with E-state index in [0.717, 1.165) is 4.47 Å². The standard InChI is InChI=1S/C15H18Br2N2O4/c16-11-5-10-7-18(22,12-1-3-13(21)4-2-12)8-19(23,9-20)15(10)14(17)6-11/h5-6,9,12-13,21H,1-4,7-8H2. The lowest BCUT2D eigenvalue weighted by Gasteiger charge is -2.56. The molecule has 0 spiro atoms. The Hall–Kier alpha value is -0.350. The van der Waals surface area contributed by atoms with Crippen LogP contribution in [0.25, 0.3) is 0 Å². The van der Waals surface area contributed by atoms with Crippen LogP contribution < -0.4 is 4.65 Å². The first-order valence-electron chi connectivity index (χ1n) is 7.57. The molecule has 8 heteroatoms. The van der Waals surface area contributed by atoms with E-state index in [1.54, 1.807) is 12.1 Å². The summed E-state index contributed by atoms with van der Waals surface area (Å²) in [6, 6.07) is 3.21. The number of amides is 1. The van der Waals surface area contributed by atoms with Crippen molar-refractivity contribution in [3.05, 3.63) is 37.1 Å². The van der Waals surface area contributed by atoms with Crippen LogP contribution in [0.15, 0.2) is 21.1 Å². The number of benzene rings is 1. The zero-order valence-electron chi connectivity index (χ0n) is 12.5. The minimum absolute atomic E-state index is 0.171. The molecule has 2 unspecified atom stereocenters. The van der Waals surface area contributed by atoms with Crippen LogP contribution in [0.5, 0.6) is 0 Å². The molecule has 1 saturated carbocycles. The highest BCUT2D eigenvalue weighted by Crippen LogP contribution is 2.44. The molecule has 0 radical (unpaired) electrons. The fourth-order valence-corrected chi connectivity index (χ4v) is 5.40. The maximum Gasteiger partial charge on any atom is 0.311 e. The van der Waals surface area contributed by atoms with Gasteiger partial charge in [-0.2, -0.15) is 0 Å². The van der Waals surface area contributed by atoms with Gasteiger partial charge in [0, 0.05) is 17.3 Å². The molecule has 1 aromatic carbocycles. The number of hydrogen-bond acceptors (Lipinski definition) is 4. The third-order valence-corrected chi connectivity index (χ3v) is 5.94. The average molecular weight is 450 g/mol. The van der Waals surface area contributed by atoms with Gasteiger partial charge in [-0.25, -0.2) is 9.44 Å². The number of aliphatic hydroxyl groups excluding tert-OH is 1. The largest absolute Gasteiger partial charge is 0.628 e. The van der Waals surface area contributed by atoms with E-state index >= 15 is 0 Å². The smallest absolute Gasteiger partial charge is 0.311 e. The Labute approximate surface area is 151 Å². The van der Waals surface area contributed by atoms with Gasteiger partial charge in [0.15, 0.2) is 5.69 Å². The Morgan fingerprint density at radius 1 is 1.17 bits per heavy atom. The molecule has 6 nitrogen and oxygen atoms in total. The molecule has 1 fully saturated rings. The molecule has 0 bridgehead atoms. The minimum atomic E-state index is -1.27. The van der Waals surface area contributed by atoms with Gasteiger partial charge in [0.2, 0.25) is 6.67 Å². The molecule has 1 aliphatic heterocycles. The molecule has 1 heterocycles. The second kappa shape index (κ2) is 6.18. The van der Waals surface area contributed by atoms with Crippen molar-refractivity contribution in [1.82, 2.24) is 4.65 Å². The normalized spacial score (nSPS) is 37.3. The van der Waals surface area contributed by atoms with Gasteiger partial charge >= 0.3 is 6.41 Å². The number of rotatable bonds is 2. The summed E-state index contributed by atoms with van der Waals surface area (Å²) < 4.78 is -0.682. The number of carbonyl (C=O) groups excluding carboxylic acids is 1. The van der Waals surface area contributed by atoms with E-state index in [1.165, 1.54) is 0 Å². The zero-order valence-corrected chi connectivity index (χ0v) is 15.6. The summed E-state index contributed by atoms with van der Waals surface area (Å²) in [7, 11) is 0. The van der Waals surface area contributed by atoms with Crippen molar-refractivity contribution in [2.75, 3.05) is 6.67 Å². The average Bonchev–Trinajstić information content (AvgIpc) is 2.46. The maximum atomic E-state index is 13.4. The summed E-state index contributed by atoms with van der Waals surface area (Å²) in [6.07, 6.45) is 2.24. The van der Waals surface area contributed by atoms with Gasteiger partial charge in [-0.3, -0.25) is 0 Å². The third kappa shape index (κ3) is 3.13. The minimum Gasteiger partial charge on any atom is -0.628 e. The number of halogens is 2. The van der Waals surface area contributed by atoms with Gasteiger partial charge in [-0.15, -0.1) is 0 Å². The molecule has 0 saturated heterocycles. The predicted molar refractivity (Wildman–Crippen MR) is 93.5 cm³/mol. The summed E-state index contributed by atoms with van der Waals surface area (Å²) in [5.41, 5.74) is 0.921. The first-order valence-corrected chi connectivity index (χ1v) is 9.15. The summed E-state index contributed by atoms with van der Waals surface area (Å²) in [5.74, 6) is 0. The summed E-state index contributed by atoms with van der Waals surface area (Å²) in [4.78, 5) is 11.5. The van der Waals surface area contributed by atoms with Crippen LogP contribution in [0, 0.1) is 10.4 Å². The quantitative estimate of drug-likeness (QED) is 0.426. The lowest BCUT2D eigenvalue weighted by molar-refractivity contribution is -0.928. The van der Waals surface area contributed by atoms with E-state index in [0.29, 0.717) is 47.8 Å². The number of hydroxylamine groups is 5. The summed E-state index contributed by atoms with van der Waals surface area (Å²) in [5, 5.41) is 36.1. The SMILES string of the molecule is O=C[N+]1([O-])C[N+]([O-])(C2CCC(O)CC2)Cc2cc(Br)cc(Br)c21. The first-order chi connectivity index (χ1) is 10.8. The maximum absolute atomic E-state index is 13.4. The van der Waals surface area contributed by atoms with Gasteiger partial charge in [0.05, 0.1) is 22.2 Å². The predicted octanol–water partition coefficient (Wildman–Crippen LogP) is 3.26. The molecule has 2 aliphatic rings. The number of hydrogen-bond donors (Lipinski definition) is 1. The zero-order chi connectivity index (χ0) is 16.8. The van der Waals surface area contributed by atoms with Crippen molar-refractivity contribution in [3.63, 3.8) is 0 Å². The van der Waals surface area contributed by atoms with Crippen molar-refractivity contribution in [1.29, 1.82) is 0 Å². The van der Waals surface area contributed by atoms with Gasteiger partial charge in [0.1, 0.15) is 6.54 Å². The molecule has 23 heavy (non-hydrogen) atoms. The van der Waals surface area contributed by atoms with E-state index in [1.807, 2.05) is 0 Å². The second-order valence-electron chi connectivity index (χ2n) is 6.51.